The fraction of sp³-hybridized carbons (Fsp3) is 0.500. The van der Waals surface area contributed by atoms with Gasteiger partial charge in [0.15, 0.2) is 6.34 Å². The minimum absolute atomic E-state index is 0. The molecule has 52 valence electrons. The van der Waals surface area contributed by atoms with E-state index >= 15 is 0 Å². The Morgan fingerprint density at radius 1 is 1.56 bits per heavy atom. The number of nitrogens with zero attached hydrogens (tertiary/aromatic N) is 2. The van der Waals surface area contributed by atoms with E-state index in [0.717, 1.165) is 11.0 Å². The first-order valence-electron chi connectivity index (χ1n) is 2.84. The molecule has 1 atom stereocenters. The fourth-order valence-corrected chi connectivity index (χ4v) is 0.607. The van der Waals surface area contributed by atoms with Crippen molar-refractivity contribution in [2.24, 2.45) is 4.99 Å². The van der Waals surface area contributed by atoms with E-state index in [1.807, 2.05) is 12.5 Å². The molecule has 0 aromatic carbocycles. The first kappa shape index (κ1) is 8.85. The molecule has 0 spiro atoms. The maximum atomic E-state index is 3.97. The van der Waals surface area contributed by atoms with Crippen LogP contribution in [0, 0.1) is 0 Å². The lowest BCUT2D eigenvalue weighted by Crippen LogP contribution is -3.00. The van der Waals surface area contributed by atoms with Gasteiger partial charge in [0.2, 0.25) is 0 Å². The summed E-state index contributed by atoms with van der Waals surface area (Å²) in [5.41, 5.74) is 0. The van der Waals surface area contributed by atoms with Crippen LogP contribution in [0.4, 0.5) is 0 Å². The normalized spacial score (nSPS) is 30.4. The van der Waals surface area contributed by atoms with Crippen LogP contribution in [-0.2, 0) is 0 Å². The van der Waals surface area contributed by atoms with Gasteiger partial charge in [-0.05, 0) is 6.92 Å². The monoisotopic (exact) mass is 190 g/mol. The summed E-state index contributed by atoms with van der Waals surface area (Å²) in [5.74, 6) is 0. The van der Waals surface area contributed by atoms with E-state index in [1.54, 1.807) is 0 Å². The molecule has 0 radical (unpaired) electrons. The van der Waals surface area contributed by atoms with Crippen LogP contribution in [0.2, 0.25) is 0 Å². The minimum Gasteiger partial charge on any atom is -1.00 e. The second kappa shape index (κ2) is 3.13. The van der Waals surface area contributed by atoms with Gasteiger partial charge in [-0.15, -0.1) is 0 Å². The lowest BCUT2D eigenvalue weighted by molar-refractivity contribution is -0.753. The van der Waals surface area contributed by atoms with Crippen LogP contribution in [-0.4, -0.2) is 24.4 Å². The van der Waals surface area contributed by atoms with E-state index in [4.69, 9.17) is 0 Å². The summed E-state index contributed by atoms with van der Waals surface area (Å²) in [6.07, 6.45) is 5.84. The van der Waals surface area contributed by atoms with Crippen molar-refractivity contribution in [3.63, 3.8) is 0 Å². The van der Waals surface area contributed by atoms with Crippen molar-refractivity contribution in [1.82, 2.24) is 0 Å². The first-order chi connectivity index (χ1) is 3.77. The Labute approximate surface area is 66.2 Å². The molecule has 1 aliphatic rings. The number of aliphatic imine (C=N–C) groups is 1. The lowest BCUT2D eigenvalue weighted by atomic mass is 10.5. The molecule has 0 N–H and O–H groups in total. The van der Waals surface area contributed by atoms with Gasteiger partial charge in [0.25, 0.3) is 0 Å². The van der Waals surface area contributed by atoms with Crippen LogP contribution in [0.1, 0.15) is 6.92 Å². The Hall–Kier alpha value is -0.150. The third-order valence-corrected chi connectivity index (χ3v) is 1.51. The van der Waals surface area contributed by atoms with Crippen molar-refractivity contribution in [3.8, 4) is 0 Å². The van der Waals surface area contributed by atoms with E-state index in [1.165, 1.54) is 0 Å². The van der Waals surface area contributed by atoms with Gasteiger partial charge >= 0.3 is 0 Å². The quantitative estimate of drug-likeness (QED) is 0.424. The van der Waals surface area contributed by atoms with Crippen LogP contribution in [0.5, 0.6) is 0 Å². The summed E-state index contributed by atoms with van der Waals surface area (Å²) in [6, 6.07) is 0. The zero-order chi connectivity index (χ0) is 6.04. The van der Waals surface area contributed by atoms with Gasteiger partial charge in [-0.2, -0.15) is 0 Å². The smallest absolute Gasteiger partial charge is 0.194 e. The van der Waals surface area contributed by atoms with Crippen LogP contribution >= 0.6 is 0 Å². The largest absolute Gasteiger partial charge is 1.00 e. The number of rotatable bonds is 1. The molecule has 0 bridgehead atoms. The Morgan fingerprint density at radius 3 is 2.44 bits per heavy atom. The van der Waals surface area contributed by atoms with Gasteiger partial charge in [-0.25, -0.2) is 4.99 Å². The average molecular weight is 191 g/mol. The molecule has 0 aromatic rings. The topological polar surface area (TPSA) is 12.4 Å². The molecule has 1 heterocycles. The number of quaternary nitrogens is 1. The highest BCUT2D eigenvalue weighted by Gasteiger charge is 2.14. The molecule has 0 saturated heterocycles. The van der Waals surface area contributed by atoms with Gasteiger partial charge < -0.3 is 17.0 Å². The second-order valence-corrected chi connectivity index (χ2v) is 2.23. The molecule has 3 heteroatoms. The summed E-state index contributed by atoms with van der Waals surface area (Å²) in [5, 5.41) is 0. The molecule has 1 aliphatic heterocycles. The van der Waals surface area contributed by atoms with Crippen LogP contribution in [0.15, 0.2) is 17.4 Å². The average Bonchev–Trinajstić information content (AvgIpc) is 2.17. The highest BCUT2D eigenvalue weighted by atomic mass is 79.9. The van der Waals surface area contributed by atoms with Gasteiger partial charge in [-0.3, -0.25) is 4.48 Å². The molecule has 9 heavy (non-hydrogen) atoms. The third kappa shape index (κ3) is 1.91. The molecule has 1 rings (SSSR count). The van der Waals surface area contributed by atoms with Crippen LogP contribution < -0.4 is 17.0 Å². The van der Waals surface area contributed by atoms with E-state index in [9.17, 15) is 0 Å². The minimum atomic E-state index is 0. The second-order valence-electron chi connectivity index (χ2n) is 2.23. The van der Waals surface area contributed by atoms with E-state index in [2.05, 4.69) is 25.2 Å². The standard InChI is InChI=1S/C6H11N2.BrH/c1-3-8(2)5-4-7-6-8;/h4-6H,3H2,1-2H3;1H/q+1;/p-1. The van der Waals surface area contributed by atoms with Gasteiger partial charge in [0, 0.05) is 0 Å². The van der Waals surface area contributed by atoms with E-state index in [0.29, 0.717) is 0 Å². The summed E-state index contributed by atoms with van der Waals surface area (Å²) in [6.45, 7) is 3.22. The van der Waals surface area contributed by atoms with Crippen molar-refractivity contribution >= 4 is 6.34 Å². The fourth-order valence-electron chi connectivity index (χ4n) is 0.607. The molecule has 0 amide bonds. The lowest BCUT2D eigenvalue weighted by Gasteiger charge is -2.18. The number of halogens is 1. The number of hydrogen-bond acceptors (Lipinski definition) is 1. The molecule has 0 saturated carbocycles. The molecule has 0 fully saturated rings. The highest BCUT2D eigenvalue weighted by Crippen LogP contribution is 2.04. The summed E-state index contributed by atoms with van der Waals surface area (Å²) in [7, 11) is 2.12. The summed E-state index contributed by atoms with van der Waals surface area (Å²) < 4.78 is 0.847. The Bertz CT molecular complexity index is 128. The maximum Gasteiger partial charge on any atom is 0.194 e. The zero-order valence-corrected chi connectivity index (χ0v) is 7.30. The van der Waals surface area contributed by atoms with Crippen molar-refractivity contribution < 1.29 is 21.5 Å². The Balaban J connectivity index is 0.000000640. The molecule has 1 unspecified atom stereocenters. The van der Waals surface area contributed by atoms with Crippen molar-refractivity contribution in [2.45, 2.75) is 6.92 Å². The van der Waals surface area contributed by atoms with Gasteiger partial charge in [0.05, 0.1) is 19.8 Å². The van der Waals surface area contributed by atoms with E-state index in [-0.39, 0.29) is 17.0 Å². The maximum absolute atomic E-state index is 3.97. The zero-order valence-electron chi connectivity index (χ0n) is 5.71. The van der Waals surface area contributed by atoms with Crippen LogP contribution in [0.3, 0.4) is 0 Å². The highest BCUT2D eigenvalue weighted by molar-refractivity contribution is 5.50. The summed E-state index contributed by atoms with van der Waals surface area (Å²) in [4.78, 5) is 3.97. The molecule has 0 aromatic heterocycles. The third-order valence-electron chi connectivity index (χ3n) is 1.51. The Kier molecular flexibility index (Phi) is 3.08. The van der Waals surface area contributed by atoms with Crippen LogP contribution in [0.25, 0.3) is 0 Å². The molecular formula is C6H11BrN2. The van der Waals surface area contributed by atoms with E-state index < -0.39 is 0 Å². The predicted octanol–water partition coefficient (Wildman–Crippen LogP) is -2.03. The van der Waals surface area contributed by atoms with Crippen molar-refractivity contribution in [1.29, 1.82) is 0 Å². The number of hydrogen-bond donors (Lipinski definition) is 0. The van der Waals surface area contributed by atoms with Gasteiger partial charge in [-0.1, -0.05) is 0 Å². The predicted molar refractivity (Wildman–Crippen MR) is 34.4 cm³/mol. The Morgan fingerprint density at radius 2 is 2.22 bits per heavy atom. The SMILES string of the molecule is CC[N+]1(C)C=CN=C1.[Br-]. The first-order valence-corrected chi connectivity index (χ1v) is 2.84. The molecular weight excluding hydrogens is 180 g/mol. The summed E-state index contributed by atoms with van der Waals surface area (Å²) >= 11 is 0. The molecule has 2 nitrogen and oxygen atoms in total. The van der Waals surface area contributed by atoms with Crippen molar-refractivity contribution in [2.75, 3.05) is 13.6 Å². The van der Waals surface area contributed by atoms with Crippen molar-refractivity contribution in [3.05, 3.63) is 12.4 Å². The molecule has 0 aliphatic carbocycles. The van der Waals surface area contributed by atoms with Gasteiger partial charge in [0.1, 0.15) is 6.20 Å².